The van der Waals surface area contributed by atoms with Gasteiger partial charge in [0.1, 0.15) is 0 Å². The lowest BCUT2D eigenvalue weighted by Crippen LogP contribution is -2.41. The zero-order valence-electron chi connectivity index (χ0n) is 13.5. The van der Waals surface area contributed by atoms with Gasteiger partial charge in [-0.2, -0.15) is 0 Å². The monoisotopic (exact) mass is 301 g/mol. The predicted molar refractivity (Wildman–Crippen MR) is 90.3 cm³/mol. The summed E-state index contributed by atoms with van der Waals surface area (Å²) in [5.74, 6) is 0.917. The Labute approximate surface area is 133 Å². The predicted octanol–water partition coefficient (Wildman–Crippen LogP) is 2.45. The number of nitrogens with one attached hydrogen (secondary N) is 2. The van der Waals surface area contributed by atoms with Gasteiger partial charge in [0.2, 0.25) is 0 Å². The van der Waals surface area contributed by atoms with E-state index in [0.717, 1.165) is 38.6 Å². The van der Waals surface area contributed by atoms with E-state index in [1.54, 1.807) is 0 Å². The summed E-state index contributed by atoms with van der Waals surface area (Å²) < 4.78 is 5.66. The molecule has 0 amide bonds. The normalized spacial score (nSPS) is 23.3. The average Bonchev–Trinajstić information content (AvgIpc) is 3.17. The van der Waals surface area contributed by atoms with E-state index in [1.807, 2.05) is 0 Å². The number of rotatable bonds is 6. The van der Waals surface area contributed by atoms with Crippen LogP contribution in [0, 0.1) is 0 Å². The van der Waals surface area contributed by atoms with Gasteiger partial charge in [0, 0.05) is 25.1 Å². The number of ether oxygens (including phenoxy) is 1. The Morgan fingerprint density at radius 1 is 1.27 bits per heavy atom. The summed E-state index contributed by atoms with van der Waals surface area (Å²) >= 11 is 0. The van der Waals surface area contributed by atoms with Crippen LogP contribution in [0.4, 0.5) is 0 Å². The molecule has 1 heterocycles. The molecular formula is C18H27N3O. The van der Waals surface area contributed by atoms with Gasteiger partial charge < -0.3 is 15.4 Å². The lowest BCUT2D eigenvalue weighted by atomic mass is 9.96. The molecule has 1 atom stereocenters. The molecule has 0 aromatic heterocycles. The molecule has 1 saturated heterocycles. The fourth-order valence-electron chi connectivity index (χ4n) is 3.07. The van der Waals surface area contributed by atoms with Gasteiger partial charge >= 0.3 is 0 Å². The van der Waals surface area contributed by atoms with Crippen molar-refractivity contribution in [2.45, 2.75) is 44.1 Å². The van der Waals surface area contributed by atoms with Gasteiger partial charge in [-0.3, -0.25) is 4.99 Å². The minimum Gasteiger partial charge on any atom is -0.376 e. The zero-order valence-corrected chi connectivity index (χ0v) is 13.5. The van der Waals surface area contributed by atoms with Crippen LogP contribution in [-0.4, -0.2) is 38.3 Å². The SMILES string of the molecule is CCNC(=NCC1(c2ccccc2)CC1)NCC1CCCO1. The third-order valence-corrected chi connectivity index (χ3v) is 4.64. The molecular weight excluding hydrogens is 274 g/mol. The van der Waals surface area contributed by atoms with Crippen LogP contribution < -0.4 is 10.6 Å². The van der Waals surface area contributed by atoms with Gasteiger partial charge in [-0.05, 0) is 38.2 Å². The highest BCUT2D eigenvalue weighted by atomic mass is 16.5. The van der Waals surface area contributed by atoms with Crippen molar-refractivity contribution in [3.8, 4) is 0 Å². The van der Waals surface area contributed by atoms with Gasteiger partial charge in [0.15, 0.2) is 5.96 Å². The fraction of sp³-hybridized carbons (Fsp3) is 0.611. The maximum absolute atomic E-state index is 5.66. The Bertz CT molecular complexity index is 490. The molecule has 1 aromatic carbocycles. The first-order valence-corrected chi connectivity index (χ1v) is 8.52. The Balaban J connectivity index is 1.58. The molecule has 0 radical (unpaired) electrons. The summed E-state index contributed by atoms with van der Waals surface area (Å²) in [5, 5.41) is 6.77. The molecule has 1 aliphatic carbocycles. The fourth-order valence-corrected chi connectivity index (χ4v) is 3.07. The summed E-state index contributed by atoms with van der Waals surface area (Å²) in [6, 6.07) is 10.8. The van der Waals surface area contributed by atoms with Gasteiger partial charge in [-0.25, -0.2) is 0 Å². The van der Waals surface area contributed by atoms with Gasteiger partial charge in [-0.15, -0.1) is 0 Å². The second-order valence-electron chi connectivity index (χ2n) is 6.36. The lowest BCUT2D eigenvalue weighted by Gasteiger charge is -2.17. The average molecular weight is 301 g/mol. The van der Waals surface area contributed by atoms with Crippen molar-refractivity contribution >= 4 is 5.96 Å². The first kappa shape index (κ1) is 15.3. The smallest absolute Gasteiger partial charge is 0.191 e. The van der Waals surface area contributed by atoms with E-state index in [1.165, 1.54) is 24.8 Å². The molecule has 1 unspecified atom stereocenters. The molecule has 0 bridgehead atoms. The molecule has 3 rings (SSSR count). The maximum Gasteiger partial charge on any atom is 0.191 e. The number of nitrogens with zero attached hydrogens (tertiary/aromatic N) is 1. The van der Waals surface area contributed by atoms with E-state index in [0.29, 0.717) is 6.10 Å². The van der Waals surface area contributed by atoms with Crippen molar-refractivity contribution in [2.24, 2.45) is 4.99 Å². The lowest BCUT2D eigenvalue weighted by molar-refractivity contribution is 0.114. The number of aliphatic imine (C=N–C) groups is 1. The van der Waals surface area contributed by atoms with Gasteiger partial charge in [0.05, 0.1) is 12.6 Å². The van der Waals surface area contributed by atoms with Crippen molar-refractivity contribution in [2.75, 3.05) is 26.2 Å². The maximum atomic E-state index is 5.66. The van der Waals surface area contributed by atoms with Crippen molar-refractivity contribution in [1.82, 2.24) is 10.6 Å². The second-order valence-corrected chi connectivity index (χ2v) is 6.36. The molecule has 4 nitrogen and oxygen atoms in total. The minimum atomic E-state index is 0.271. The molecule has 1 aliphatic heterocycles. The summed E-state index contributed by atoms with van der Waals surface area (Å²) in [7, 11) is 0. The van der Waals surface area contributed by atoms with Crippen LogP contribution >= 0.6 is 0 Å². The van der Waals surface area contributed by atoms with Crippen LogP contribution in [0.2, 0.25) is 0 Å². The summed E-state index contributed by atoms with van der Waals surface area (Å²) in [6.07, 6.45) is 5.15. The second kappa shape index (κ2) is 7.14. The first-order valence-electron chi connectivity index (χ1n) is 8.52. The molecule has 0 spiro atoms. The van der Waals surface area contributed by atoms with Crippen molar-refractivity contribution in [3.05, 3.63) is 35.9 Å². The molecule has 22 heavy (non-hydrogen) atoms. The van der Waals surface area contributed by atoms with Crippen molar-refractivity contribution in [3.63, 3.8) is 0 Å². The molecule has 1 saturated carbocycles. The zero-order chi connectivity index (χ0) is 15.3. The molecule has 2 aliphatic rings. The van der Waals surface area contributed by atoms with Crippen molar-refractivity contribution < 1.29 is 4.74 Å². The van der Waals surface area contributed by atoms with Gasteiger partial charge in [0.25, 0.3) is 0 Å². The van der Waals surface area contributed by atoms with E-state index >= 15 is 0 Å². The van der Waals surface area contributed by atoms with Crippen LogP contribution in [0.15, 0.2) is 35.3 Å². The Kier molecular flexibility index (Phi) is 4.98. The number of hydrogen-bond donors (Lipinski definition) is 2. The first-order chi connectivity index (χ1) is 10.8. The summed E-state index contributed by atoms with van der Waals surface area (Å²) in [5.41, 5.74) is 1.70. The van der Waals surface area contributed by atoms with Crippen LogP contribution in [0.25, 0.3) is 0 Å². The summed E-state index contributed by atoms with van der Waals surface area (Å²) in [4.78, 5) is 4.82. The van der Waals surface area contributed by atoms with Crippen LogP contribution in [-0.2, 0) is 10.2 Å². The summed E-state index contributed by atoms with van der Waals surface area (Å²) in [6.45, 7) is 5.60. The highest BCUT2D eigenvalue weighted by Crippen LogP contribution is 2.48. The molecule has 120 valence electrons. The van der Waals surface area contributed by atoms with Crippen LogP contribution in [0.1, 0.15) is 38.2 Å². The number of hydrogen-bond acceptors (Lipinski definition) is 2. The molecule has 4 heteroatoms. The molecule has 2 fully saturated rings. The highest BCUT2D eigenvalue weighted by Gasteiger charge is 2.43. The quantitative estimate of drug-likeness (QED) is 0.627. The largest absolute Gasteiger partial charge is 0.376 e. The Morgan fingerprint density at radius 2 is 2.09 bits per heavy atom. The van der Waals surface area contributed by atoms with E-state index < -0.39 is 0 Å². The number of benzene rings is 1. The van der Waals surface area contributed by atoms with Gasteiger partial charge in [-0.1, -0.05) is 30.3 Å². The third-order valence-electron chi connectivity index (χ3n) is 4.64. The Morgan fingerprint density at radius 3 is 2.73 bits per heavy atom. The highest BCUT2D eigenvalue weighted by molar-refractivity contribution is 5.79. The third kappa shape index (κ3) is 3.80. The standard InChI is InChI=1S/C18H27N3O/c1-2-19-17(20-13-16-9-6-12-22-16)21-14-18(10-11-18)15-7-4-3-5-8-15/h3-5,7-8,16H,2,6,9-14H2,1H3,(H2,19,20,21). The van der Waals surface area contributed by atoms with Crippen LogP contribution in [0.5, 0.6) is 0 Å². The number of guanidine groups is 1. The topological polar surface area (TPSA) is 45.7 Å². The van der Waals surface area contributed by atoms with E-state index in [9.17, 15) is 0 Å². The van der Waals surface area contributed by atoms with E-state index in [4.69, 9.17) is 9.73 Å². The van der Waals surface area contributed by atoms with E-state index in [2.05, 4.69) is 47.9 Å². The van der Waals surface area contributed by atoms with Crippen LogP contribution in [0.3, 0.4) is 0 Å². The minimum absolute atomic E-state index is 0.271. The Hall–Kier alpha value is -1.55. The molecule has 1 aromatic rings. The van der Waals surface area contributed by atoms with E-state index in [-0.39, 0.29) is 5.41 Å². The molecule has 2 N–H and O–H groups in total. The van der Waals surface area contributed by atoms with Crippen molar-refractivity contribution in [1.29, 1.82) is 0 Å².